The van der Waals surface area contributed by atoms with Gasteiger partial charge in [-0.3, -0.25) is 9.59 Å². The summed E-state index contributed by atoms with van der Waals surface area (Å²) in [5.41, 5.74) is -0.479. The van der Waals surface area contributed by atoms with Crippen molar-refractivity contribution in [1.29, 1.82) is 0 Å². The molecule has 0 bridgehead atoms. The van der Waals surface area contributed by atoms with Crippen molar-refractivity contribution >= 4 is 11.8 Å². The van der Waals surface area contributed by atoms with Crippen LogP contribution in [0.25, 0.3) is 0 Å². The van der Waals surface area contributed by atoms with E-state index in [1.54, 1.807) is 4.90 Å². The number of amides is 2. The number of likely N-dealkylation sites (tertiary alicyclic amines) is 3. The average molecular weight is 420 g/mol. The van der Waals surface area contributed by atoms with Crippen LogP contribution in [0, 0.1) is 28.4 Å². The van der Waals surface area contributed by atoms with Crippen LogP contribution < -0.4 is 0 Å². The van der Waals surface area contributed by atoms with E-state index in [4.69, 9.17) is 0 Å². The lowest BCUT2D eigenvalue weighted by molar-refractivity contribution is -0.141. The van der Waals surface area contributed by atoms with Crippen LogP contribution in [0.1, 0.15) is 43.5 Å². The molecule has 5 nitrogen and oxygen atoms in total. The van der Waals surface area contributed by atoms with Gasteiger partial charge < -0.3 is 14.7 Å². The quantitative estimate of drug-likeness (QED) is 0.757. The van der Waals surface area contributed by atoms with Crippen LogP contribution in [0.2, 0.25) is 0 Å². The highest BCUT2D eigenvalue weighted by molar-refractivity contribution is 5.94. The summed E-state index contributed by atoms with van der Waals surface area (Å²) >= 11 is 0. The third kappa shape index (κ3) is 3.41. The predicted molar refractivity (Wildman–Crippen MR) is 110 cm³/mol. The number of halogens is 2. The SMILES string of the molecule is CC(C)CN1CC2(CCN(C(=O)c3cc(F)cc(F)c3)CC2)C2(CCN(C)C2=O)C1. The van der Waals surface area contributed by atoms with Gasteiger partial charge in [0.2, 0.25) is 5.91 Å². The van der Waals surface area contributed by atoms with Crippen molar-refractivity contribution in [3.63, 3.8) is 0 Å². The number of fused-ring (bicyclic) bond motifs is 1. The van der Waals surface area contributed by atoms with E-state index in [9.17, 15) is 18.4 Å². The highest BCUT2D eigenvalue weighted by atomic mass is 19.1. The molecule has 0 N–H and O–H groups in total. The summed E-state index contributed by atoms with van der Waals surface area (Å²) in [6.07, 6.45) is 2.34. The Bertz CT molecular complexity index is 831. The summed E-state index contributed by atoms with van der Waals surface area (Å²) in [7, 11) is 1.88. The van der Waals surface area contributed by atoms with E-state index in [0.29, 0.717) is 19.0 Å². The molecular weight excluding hydrogens is 388 g/mol. The van der Waals surface area contributed by atoms with Crippen LogP contribution in [0.15, 0.2) is 18.2 Å². The first-order chi connectivity index (χ1) is 14.2. The van der Waals surface area contributed by atoms with Crippen LogP contribution in [0.3, 0.4) is 0 Å². The monoisotopic (exact) mass is 419 g/mol. The first-order valence-corrected chi connectivity index (χ1v) is 10.9. The van der Waals surface area contributed by atoms with Gasteiger partial charge in [0.05, 0.1) is 5.41 Å². The number of carbonyl (C=O) groups excluding carboxylic acids is 2. The fraction of sp³-hybridized carbons (Fsp3) is 0.652. The molecule has 2 amide bonds. The van der Waals surface area contributed by atoms with Crippen LogP contribution in [0.5, 0.6) is 0 Å². The van der Waals surface area contributed by atoms with Crippen LogP contribution in [-0.2, 0) is 4.79 Å². The third-order valence-corrected chi connectivity index (χ3v) is 7.41. The van der Waals surface area contributed by atoms with Gasteiger partial charge >= 0.3 is 0 Å². The van der Waals surface area contributed by atoms with E-state index in [0.717, 1.165) is 63.6 Å². The second kappa shape index (κ2) is 7.59. The number of hydrogen-bond acceptors (Lipinski definition) is 3. The zero-order chi connectivity index (χ0) is 21.7. The smallest absolute Gasteiger partial charge is 0.254 e. The first-order valence-electron chi connectivity index (χ1n) is 10.9. The van der Waals surface area contributed by atoms with E-state index >= 15 is 0 Å². The van der Waals surface area contributed by atoms with E-state index in [2.05, 4.69) is 18.7 Å². The maximum atomic E-state index is 13.6. The molecule has 3 fully saturated rings. The summed E-state index contributed by atoms with van der Waals surface area (Å²) in [5.74, 6) is -1.07. The molecule has 3 aliphatic rings. The Labute approximate surface area is 177 Å². The molecule has 3 heterocycles. The van der Waals surface area contributed by atoms with Crippen molar-refractivity contribution in [3.05, 3.63) is 35.4 Å². The lowest BCUT2D eigenvalue weighted by Gasteiger charge is -2.47. The zero-order valence-corrected chi connectivity index (χ0v) is 18.1. The van der Waals surface area contributed by atoms with Gasteiger partial charge in [-0.15, -0.1) is 0 Å². The van der Waals surface area contributed by atoms with Crippen molar-refractivity contribution in [2.45, 2.75) is 33.1 Å². The average Bonchev–Trinajstić information content (AvgIpc) is 3.12. The Hall–Kier alpha value is -2.02. The maximum absolute atomic E-state index is 13.6. The van der Waals surface area contributed by atoms with E-state index in [1.165, 1.54) is 0 Å². The molecule has 0 aliphatic carbocycles. The molecule has 30 heavy (non-hydrogen) atoms. The molecule has 1 atom stereocenters. The Morgan fingerprint density at radius 3 is 2.20 bits per heavy atom. The minimum Gasteiger partial charge on any atom is -0.345 e. The molecular formula is C23H31F2N3O2. The lowest BCUT2D eigenvalue weighted by atomic mass is 9.60. The molecule has 2 spiro atoms. The number of hydrogen-bond donors (Lipinski definition) is 0. The molecule has 1 aromatic carbocycles. The van der Waals surface area contributed by atoms with E-state index in [-0.39, 0.29) is 28.2 Å². The Morgan fingerprint density at radius 2 is 1.67 bits per heavy atom. The second-order valence-corrected chi connectivity index (χ2v) is 9.85. The number of benzene rings is 1. The Balaban J connectivity index is 1.55. The van der Waals surface area contributed by atoms with Crippen molar-refractivity contribution in [3.8, 4) is 0 Å². The first kappa shape index (κ1) is 21.2. The summed E-state index contributed by atoms with van der Waals surface area (Å²) < 4.78 is 27.1. The molecule has 1 unspecified atom stereocenters. The number of piperidine rings is 1. The van der Waals surface area contributed by atoms with Gasteiger partial charge in [-0.2, -0.15) is 0 Å². The normalized spacial score (nSPS) is 26.5. The molecule has 7 heteroatoms. The highest BCUT2D eigenvalue weighted by Crippen LogP contribution is 2.57. The molecule has 4 rings (SSSR count). The van der Waals surface area contributed by atoms with Gasteiger partial charge in [0, 0.05) is 63.4 Å². The van der Waals surface area contributed by atoms with Gasteiger partial charge in [-0.25, -0.2) is 8.78 Å². The van der Waals surface area contributed by atoms with Crippen LogP contribution in [0.4, 0.5) is 8.78 Å². The topological polar surface area (TPSA) is 43.9 Å². The van der Waals surface area contributed by atoms with Crippen molar-refractivity contribution in [2.24, 2.45) is 16.7 Å². The molecule has 164 valence electrons. The second-order valence-electron chi connectivity index (χ2n) is 9.85. The molecule has 3 saturated heterocycles. The van der Waals surface area contributed by atoms with Crippen LogP contribution in [-0.4, -0.2) is 72.8 Å². The fourth-order valence-corrected chi connectivity index (χ4v) is 6.04. The molecule has 0 saturated carbocycles. The molecule has 0 radical (unpaired) electrons. The van der Waals surface area contributed by atoms with Crippen LogP contribution >= 0.6 is 0 Å². The number of rotatable bonds is 3. The Kier molecular flexibility index (Phi) is 5.37. The predicted octanol–water partition coefficient (Wildman–Crippen LogP) is 3.01. The van der Waals surface area contributed by atoms with Gasteiger partial charge in [-0.1, -0.05) is 13.8 Å². The zero-order valence-electron chi connectivity index (χ0n) is 18.1. The third-order valence-electron chi connectivity index (χ3n) is 7.41. The maximum Gasteiger partial charge on any atom is 0.254 e. The van der Waals surface area contributed by atoms with Crippen molar-refractivity contribution < 1.29 is 18.4 Å². The van der Waals surface area contributed by atoms with E-state index < -0.39 is 11.6 Å². The molecule has 1 aromatic rings. The highest BCUT2D eigenvalue weighted by Gasteiger charge is 2.64. The minimum atomic E-state index is -0.745. The number of nitrogens with zero attached hydrogens (tertiary/aromatic N) is 3. The van der Waals surface area contributed by atoms with Crippen molar-refractivity contribution in [2.75, 3.05) is 46.3 Å². The number of carbonyl (C=O) groups is 2. The molecule has 0 aromatic heterocycles. The summed E-state index contributed by atoms with van der Waals surface area (Å²) in [6.45, 7) is 8.81. The summed E-state index contributed by atoms with van der Waals surface area (Å²) in [4.78, 5) is 32.1. The largest absolute Gasteiger partial charge is 0.345 e. The minimum absolute atomic E-state index is 0.0442. The molecule has 3 aliphatic heterocycles. The van der Waals surface area contributed by atoms with Gasteiger partial charge in [0.15, 0.2) is 0 Å². The van der Waals surface area contributed by atoms with Gasteiger partial charge in [0.1, 0.15) is 11.6 Å². The van der Waals surface area contributed by atoms with Gasteiger partial charge in [0.25, 0.3) is 5.91 Å². The van der Waals surface area contributed by atoms with E-state index in [1.807, 2.05) is 11.9 Å². The summed E-state index contributed by atoms with van der Waals surface area (Å²) in [5, 5.41) is 0. The summed E-state index contributed by atoms with van der Waals surface area (Å²) in [6, 6.07) is 2.95. The van der Waals surface area contributed by atoms with Crippen molar-refractivity contribution in [1.82, 2.24) is 14.7 Å². The Morgan fingerprint density at radius 1 is 1.03 bits per heavy atom. The van der Waals surface area contributed by atoms with Gasteiger partial charge in [-0.05, 0) is 37.3 Å². The standard InChI is InChI=1S/C23H31F2N3O2/c1-16(2)13-27-14-22(23(15-27)6-7-26(3)21(23)30)4-8-28(9-5-22)20(29)17-10-18(24)12-19(25)11-17/h10-12,16H,4-9,13-15H2,1-3H3. The fourth-order valence-electron chi connectivity index (χ4n) is 6.04. The lowest BCUT2D eigenvalue weighted by Crippen LogP contribution is -2.53.